The van der Waals surface area contributed by atoms with Gasteiger partial charge in [-0.1, -0.05) is 12.1 Å². The third kappa shape index (κ3) is 3.57. The number of nitrogens with zero attached hydrogens (tertiary/aromatic N) is 5. The van der Waals surface area contributed by atoms with Gasteiger partial charge >= 0.3 is 6.03 Å². The van der Waals surface area contributed by atoms with Crippen LogP contribution in [0, 0.1) is 0 Å². The Labute approximate surface area is 159 Å². The summed E-state index contributed by atoms with van der Waals surface area (Å²) in [4.78, 5) is 16.5. The zero-order valence-electron chi connectivity index (χ0n) is 14.4. The Morgan fingerprint density at radius 2 is 2.19 bits per heavy atom. The van der Waals surface area contributed by atoms with Gasteiger partial charge in [0.1, 0.15) is 5.65 Å². The van der Waals surface area contributed by atoms with Gasteiger partial charge in [0.05, 0.1) is 24.1 Å². The molecule has 0 saturated heterocycles. The summed E-state index contributed by atoms with van der Waals surface area (Å²) in [7, 11) is 0. The van der Waals surface area contributed by atoms with E-state index in [2.05, 4.69) is 48.8 Å². The first-order valence-electron chi connectivity index (χ1n) is 8.75. The van der Waals surface area contributed by atoms with Crippen molar-refractivity contribution in [3.8, 4) is 0 Å². The number of nitrogens with one attached hydrogen (secondary N) is 2. The molecule has 8 nitrogen and oxygen atoms in total. The van der Waals surface area contributed by atoms with Gasteiger partial charge in [-0.15, -0.1) is 5.10 Å². The van der Waals surface area contributed by atoms with E-state index in [-0.39, 0.29) is 6.03 Å². The van der Waals surface area contributed by atoms with E-state index in [9.17, 15) is 4.79 Å². The van der Waals surface area contributed by atoms with E-state index in [0.29, 0.717) is 24.8 Å². The Bertz CT molecular complexity index is 944. The van der Waals surface area contributed by atoms with Gasteiger partial charge in [0.25, 0.3) is 0 Å². The van der Waals surface area contributed by atoms with Crippen molar-refractivity contribution in [1.29, 1.82) is 0 Å². The molecule has 1 fully saturated rings. The average Bonchev–Trinajstić information content (AvgIpc) is 3.26. The Hall–Kier alpha value is -2.42. The lowest BCUT2D eigenvalue weighted by molar-refractivity contribution is 0.251. The molecule has 26 heavy (non-hydrogen) atoms. The van der Waals surface area contributed by atoms with E-state index in [1.54, 1.807) is 6.20 Å². The molecule has 0 atom stereocenters. The number of imidazole rings is 1. The van der Waals surface area contributed by atoms with Crippen molar-refractivity contribution in [2.24, 2.45) is 0 Å². The van der Waals surface area contributed by atoms with Crippen molar-refractivity contribution in [2.45, 2.75) is 38.6 Å². The molecule has 0 unspecified atom stereocenters. The molecule has 0 aromatic carbocycles. The van der Waals surface area contributed by atoms with Crippen molar-refractivity contribution in [3.63, 3.8) is 0 Å². The Balaban J connectivity index is 1.32. The lowest BCUT2D eigenvalue weighted by Crippen LogP contribution is -2.32. The molecule has 3 aromatic heterocycles. The van der Waals surface area contributed by atoms with Crippen molar-refractivity contribution in [2.75, 3.05) is 11.9 Å². The lowest BCUT2D eigenvalue weighted by atomic mass is 10.2. The number of aromatic nitrogens is 5. The monoisotopic (exact) mass is 417 g/mol. The first-order valence-corrected chi connectivity index (χ1v) is 9.54. The molecule has 1 aliphatic rings. The van der Waals surface area contributed by atoms with Crippen LogP contribution in [-0.4, -0.2) is 37.0 Å². The zero-order valence-corrected chi connectivity index (χ0v) is 16.0. The number of anilines is 1. The summed E-state index contributed by atoms with van der Waals surface area (Å²) in [6.45, 7) is 3.20. The summed E-state index contributed by atoms with van der Waals surface area (Å²) in [6.07, 6.45) is 6.99. The van der Waals surface area contributed by atoms with Crippen LogP contribution in [0.4, 0.5) is 10.6 Å². The van der Waals surface area contributed by atoms with Crippen LogP contribution in [0.1, 0.15) is 37.1 Å². The van der Waals surface area contributed by atoms with Gasteiger partial charge in [-0.2, -0.15) is 0 Å². The first kappa shape index (κ1) is 17.0. The smallest absolute Gasteiger partial charge is 0.320 e. The summed E-state index contributed by atoms with van der Waals surface area (Å²) in [5.74, 6) is 1.09. The maximum Gasteiger partial charge on any atom is 0.320 e. The van der Waals surface area contributed by atoms with Crippen LogP contribution in [0.3, 0.4) is 0 Å². The SMILES string of the molecule is CCc1c(C2CC2)nnn1CCNC(=O)Nc1cn2cc(Br)ccc2n1. The second-order valence-corrected chi connectivity index (χ2v) is 7.31. The van der Waals surface area contributed by atoms with Crippen molar-refractivity contribution in [1.82, 2.24) is 29.7 Å². The van der Waals surface area contributed by atoms with E-state index in [1.165, 1.54) is 18.5 Å². The lowest BCUT2D eigenvalue weighted by Gasteiger charge is -2.08. The van der Waals surface area contributed by atoms with E-state index in [0.717, 1.165) is 22.2 Å². The number of amides is 2. The molecular formula is C17H20BrN7O. The largest absolute Gasteiger partial charge is 0.336 e. The number of hydrogen-bond donors (Lipinski definition) is 2. The normalized spacial score (nSPS) is 13.9. The standard InChI is InChI=1S/C17H20BrN7O/c1-2-13-16(11-3-4-11)22-23-25(13)8-7-19-17(26)21-14-10-24-9-12(18)5-6-15(24)20-14/h5-6,9-11H,2-4,7-8H2,1H3,(H2,19,21,26). The van der Waals surface area contributed by atoms with E-state index in [1.807, 2.05) is 27.4 Å². The molecule has 4 rings (SSSR count). The molecule has 2 amide bonds. The van der Waals surface area contributed by atoms with Gasteiger partial charge in [-0.3, -0.25) is 5.32 Å². The zero-order chi connectivity index (χ0) is 18.1. The fourth-order valence-electron chi connectivity index (χ4n) is 3.02. The van der Waals surface area contributed by atoms with Crippen molar-refractivity contribution >= 4 is 33.4 Å². The highest BCUT2D eigenvalue weighted by Gasteiger charge is 2.29. The fraction of sp³-hybridized carbons (Fsp3) is 0.412. The topological polar surface area (TPSA) is 89.1 Å². The highest BCUT2D eigenvalue weighted by Crippen LogP contribution is 2.40. The molecule has 9 heteroatoms. The maximum atomic E-state index is 12.1. The van der Waals surface area contributed by atoms with Crippen molar-refractivity contribution in [3.05, 3.63) is 40.4 Å². The van der Waals surface area contributed by atoms with E-state index in [4.69, 9.17) is 0 Å². The van der Waals surface area contributed by atoms with Gasteiger partial charge < -0.3 is 9.72 Å². The van der Waals surface area contributed by atoms with Gasteiger partial charge in [0.15, 0.2) is 5.82 Å². The summed E-state index contributed by atoms with van der Waals surface area (Å²) in [5, 5.41) is 14.2. The number of fused-ring (bicyclic) bond motifs is 1. The summed E-state index contributed by atoms with van der Waals surface area (Å²) in [5.41, 5.74) is 3.08. The number of halogens is 1. The molecule has 0 spiro atoms. The quantitative estimate of drug-likeness (QED) is 0.644. The number of urea groups is 1. The number of carbonyl (C=O) groups is 1. The predicted molar refractivity (Wildman–Crippen MR) is 101 cm³/mol. The van der Waals surface area contributed by atoms with Crippen LogP contribution in [0.25, 0.3) is 5.65 Å². The molecule has 1 saturated carbocycles. The second-order valence-electron chi connectivity index (χ2n) is 6.39. The second kappa shape index (κ2) is 7.06. The average molecular weight is 418 g/mol. The summed E-state index contributed by atoms with van der Waals surface area (Å²) in [6, 6.07) is 3.50. The van der Waals surface area contributed by atoms with Gasteiger partial charge in [0, 0.05) is 23.1 Å². The molecule has 0 radical (unpaired) electrons. The number of pyridine rings is 1. The first-order chi connectivity index (χ1) is 12.6. The minimum Gasteiger partial charge on any atom is -0.336 e. The molecule has 3 heterocycles. The predicted octanol–water partition coefficient (Wildman–Crippen LogP) is 2.95. The van der Waals surface area contributed by atoms with E-state index < -0.39 is 0 Å². The fourth-order valence-corrected chi connectivity index (χ4v) is 3.38. The molecule has 2 N–H and O–H groups in total. The Kier molecular flexibility index (Phi) is 4.62. The number of rotatable bonds is 6. The van der Waals surface area contributed by atoms with Crippen LogP contribution in [-0.2, 0) is 13.0 Å². The van der Waals surface area contributed by atoms with Gasteiger partial charge in [-0.05, 0) is 47.3 Å². The van der Waals surface area contributed by atoms with Crippen LogP contribution in [0.15, 0.2) is 29.0 Å². The third-order valence-electron chi connectivity index (χ3n) is 4.43. The molecular weight excluding hydrogens is 398 g/mol. The Morgan fingerprint density at radius 3 is 2.96 bits per heavy atom. The number of hydrogen-bond acceptors (Lipinski definition) is 4. The minimum absolute atomic E-state index is 0.284. The maximum absolute atomic E-state index is 12.1. The van der Waals surface area contributed by atoms with E-state index >= 15 is 0 Å². The van der Waals surface area contributed by atoms with Gasteiger partial charge in [-0.25, -0.2) is 14.5 Å². The third-order valence-corrected chi connectivity index (χ3v) is 4.90. The highest BCUT2D eigenvalue weighted by molar-refractivity contribution is 9.10. The molecule has 136 valence electrons. The van der Waals surface area contributed by atoms with Crippen LogP contribution >= 0.6 is 15.9 Å². The number of carbonyl (C=O) groups excluding carboxylic acids is 1. The molecule has 0 aliphatic heterocycles. The van der Waals surface area contributed by atoms with Crippen LogP contribution in [0.2, 0.25) is 0 Å². The van der Waals surface area contributed by atoms with Gasteiger partial charge in [0.2, 0.25) is 0 Å². The minimum atomic E-state index is -0.284. The van der Waals surface area contributed by atoms with Crippen LogP contribution in [0.5, 0.6) is 0 Å². The molecule has 0 bridgehead atoms. The summed E-state index contributed by atoms with van der Waals surface area (Å²) >= 11 is 3.41. The summed E-state index contributed by atoms with van der Waals surface area (Å²) < 4.78 is 4.70. The molecule has 3 aromatic rings. The Morgan fingerprint density at radius 1 is 1.35 bits per heavy atom. The molecule has 1 aliphatic carbocycles. The van der Waals surface area contributed by atoms with Crippen LogP contribution < -0.4 is 10.6 Å². The highest BCUT2D eigenvalue weighted by atomic mass is 79.9. The van der Waals surface area contributed by atoms with Crippen molar-refractivity contribution < 1.29 is 4.79 Å².